The van der Waals surface area contributed by atoms with Gasteiger partial charge in [-0.3, -0.25) is 4.79 Å². The summed E-state index contributed by atoms with van der Waals surface area (Å²) in [6, 6.07) is 8.01. The molecule has 18 heavy (non-hydrogen) atoms. The molecular weight excluding hydrogens is 273 g/mol. The Balaban J connectivity index is 2.27. The molecular formula is C12H9Cl2N3O. The lowest BCUT2D eigenvalue weighted by atomic mass is 10.2. The quantitative estimate of drug-likeness (QED) is 0.888. The number of hydrogen-bond donors (Lipinski definition) is 2. The number of carbonyl (C=O) groups is 1. The molecule has 3 N–H and O–H groups in total. The largest absolute Gasteiger partial charge is 0.384 e. The molecule has 4 nitrogen and oxygen atoms in total. The van der Waals surface area contributed by atoms with Crippen LogP contribution in [0, 0.1) is 0 Å². The Labute approximate surface area is 114 Å². The van der Waals surface area contributed by atoms with Crippen molar-refractivity contribution in [1.29, 1.82) is 0 Å². The lowest BCUT2D eigenvalue weighted by molar-refractivity contribution is 0.102. The fraction of sp³-hybridized carbons (Fsp3) is 0. The fourth-order valence-electron chi connectivity index (χ4n) is 1.39. The zero-order valence-electron chi connectivity index (χ0n) is 9.15. The standard InChI is InChI=1S/C12H9Cl2N3O/c13-8-2-1-3-9(14)11(8)17-12(18)7-4-5-16-10(15)6-7/h1-6H,(H2,15,16)(H,17,18). The Kier molecular flexibility index (Phi) is 3.69. The van der Waals surface area contributed by atoms with Gasteiger partial charge in [0.2, 0.25) is 0 Å². The van der Waals surface area contributed by atoms with Gasteiger partial charge < -0.3 is 11.1 Å². The molecule has 0 fully saturated rings. The molecule has 0 aliphatic heterocycles. The predicted molar refractivity (Wildman–Crippen MR) is 73.1 cm³/mol. The highest BCUT2D eigenvalue weighted by atomic mass is 35.5. The van der Waals surface area contributed by atoms with Crippen molar-refractivity contribution in [3.05, 3.63) is 52.1 Å². The van der Waals surface area contributed by atoms with Gasteiger partial charge in [-0.15, -0.1) is 0 Å². The normalized spacial score (nSPS) is 10.1. The number of anilines is 2. The third kappa shape index (κ3) is 2.72. The van der Waals surface area contributed by atoms with Crippen LogP contribution < -0.4 is 11.1 Å². The van der Waals surface area contributed by atoms with Gasteiger partial charge in [-0.05, 0) is 24.3 Å². The van der Waals surface area contributed by atoms with Crippen LogP contribution in [0.25, 0.3) is 0 Å². The van der Waals surface area contributed by atoms with Crippen LogP contribution in [0.2, 0.25) is 10.0 Å². The van der Waals surface area contributed by atoms with Crippen molar-refractivity contribution in [1.82, 2.24) is 4.98 Å². The van der Waals surface area contributed by atoms with Crippen LogP contribution in [-0.4, -0.2) is 10.9 Å². The monoisotopic (exact) mass is 281 g/mol. The van der Waals surface area contributed by atoms with Crippen molar-refractivity contribution in [2.45, 2.75) is 0 Å². The molecule has 2 aromatic rings. The molecule has 0 unspecified atom stereocenters. The van der Waals surface area contributed by atoms with E-state index in [9.17, 15) is 4.79 Å². The third-order valence-corrected chi connectivity index (χ3v) is 2.87. The van der Waals surface area contributed by atoms with Gasteiger partial charge in [0.05, 0.1) is 15.7 Å². The first-order chi connectivity index (χ1) is 8.58. The highest BCUT2D eigenvalue weighted by Gasteiger charge is 2.11. The molecule has 0 atom stereocenters. The maximum absolute atomic E-state index is 12.0. The number of halogens is 2. The zero-order chi connectivity index (χ0) is 13.1. The minimum Gasteiger partial charge on any atom is -0.384 e. The van der Waals surface area contributed by atoms with E-state index in [0.717, 1.165) is 0 Å². The molecule has 0 radical (unpaired) electrons. The minimum atomic E-state index is -0.348. The van der Waals surface area contributed by atoms with Crippen molar-refractivity contribution in [3.8, 4) is 0 Å². The average molecular weight is 282 g/mol. The van der Waals surface area contributed by atoms with Crippen molar-refractivity contribution >= 4 is 40.6 Å². The molecule has 1 heterocycles. The van der Waals surface area contributed by atoms with E-state index in [1.54, 1.807) is 24.3 Å². The van der Waals surface area contributed by atoms with Gasteiger partial charge >= 0.3 is 0 Å². The Morgan fingerprint density at radius 2 is 1.89 bits per heavy atom. The second kappa shape index (κ2) is 5.25. The Morgan fingerprint density at radius 1 is 1.22 bits per heavy atom. The first-order valence-corrected chi connectivity index (χ1v) is 5.80. The molecule has 0 aliphatic rings. The second-order valence-electron chi connectivity index (χ2n) is 3.52. The summed E-state index contributed by atoms with van der Waals surface area (Å²) < 4.78 is 0. The Bertz CT molecular complexity index is 581. The fourth-order valence-corrected chi connectivity index (χ4v) is 1.88. The topological polar surface area (TPSA) is 68.0 Å². The number of pyridine rings is 1. The summed E-state index contributed by atoms with van der Waals surface area (Å²) in [7, 11) is 0. The number of aromatic nitrogens is 1. The van der Waals surface area contributed by atoms with Crippen molar-refractivity contribution in [2.24, 2.45) is 0 Å². The van der Waals surface area contributed by atoms with E-state index in [1.165, 1.54) is 12.3 Å². The Hall–Kier alpha value is -1.78. The van der Waals surface area contributed by atoms with Gasteiger partial charge in [0.15, 0.2) is 0 Å². The summed E-state index contributed by atoms with van der Waals surface area (Å²) >= 11 is 11.9. The van der Waals surface area contributed by atoms with E-state index >= 15 is 0 Å². The average Bonchev–Trinajstić information content (AvgIpc) is 2.34. The number of nitrogens with one attached hydrogen (secondary N) is 1. The molecule has 0 saturated carbocycles. The number of rotatable bonds is 2. The molecule has 0 aliphatic carbocycles. The van der Waals surface area contributed by atoms with Crippen molar-refractivity contribution in [3.63, 3.8) is 0 Å². The number of nitrogens with zero attached hydrogens (tertiary/aromatic N) is 1. The van der Waals surface area contributed by atoms with Gasteiger partial charge in [-0.1, -0.05) is 29.3 Å². The molecule has 0 bridgehead atoms. The van der Waals surface area contributed by atoms with Crippen LogP contribution in [0.3, 0.4) is 0 Å². The number of hydrogen-bond acceptors (Lipinski definition) is 3. The van der Waals surface area contributed by atoms with Crippen LogP contribution in [0.4, 0.5) is 11.5 Å². The SMILES string of the molecule is Nc1cc(C(=O)Nc2c(Cl)cccc2Cl)ccn1. The van der Waals surface area contributed by atoms with E-state index in [0.29, 0.717) is 21.3 Å². The molecule has 92 valence electrons. The molecule has 6 heteroatoms. The summed E-state index contributed by atoms with van der Waals surface area (Å²) in [5.41, 5.74) is 6.27. The lowest BCUT2D eigenvalue weighted by Crippen LogP contribution is -2.13. The van der Waals surface area contributed by atoms with Gasteiger partial charge in [0, 0.05) is 11.8 Å². The molecule has 1 aromatic heterocycles. The second-order valence-corrected chi connectivity index (χ2v) is 4.33. The van der Waals surface area contributed by atoms with E-state index < -0.39 is 0 Å². The highest BCUT2D eigenvalue weighted by Crippen LogP contribution is 2.30. The van der Waals surface area contributed by atoms with Crippen molar-refractivity contribution < 1.29 is 4.79 Å². The zero-order valence-corrected chi connectivity index (χ0v) is 10.7. The van der Waals surface area contributed by atoms with E-state index in [1.807, 2.05) is 0 Å². The maximum Gasteiger partial charge on any atom is 0.255 e. The van der Waals surface area contributed by atoms with Crippen LogP contribution in [0.5, 0.6) is 0 Å². The van der Waals surface area contributed by atoms with Crippen LogP contribution >= 0.6 is 23.2 Å². The van der Waals surface area contributed by atoms with Crippen LogP contribution in [-0.2, 0) is 0 Å². The molecule has 0 spiro atoms. The number of amides is 1. The third-order valence-electron chi connectivity index (χ3n) is 2.24. The minimum absolute atomic E-state index is 0.271. The predicted octanol–water partition coefficient (Wildman–Crippen LogP) is 3.22. The lowest BCUT2D eigenvalue weighted by Gasteiger charge is -2.09. The van der Waals surface area contributed by atoms with E-state index in [4.69, 9.17) is 28.9 Å². The molecule has 1 amide bonds. The number of para-hydroxylation sites is 1. The van der Waals surface area contributed by atoms with E-state index in [2.05, 4.69) is 10.3 Å². The number of nitrogens with two attached hydrogens (primary N) is 1. The summed E-state index contributed by atoms with van der Waals surface area (Å²) in [6.07, 6.45) is 1.46. The van der Waals surface area contributed by atoms with Gasteiger partial charge in [-0.2, -0.15) is 0 Å². The number of carbonyl (C=O) groups excluding carboxylic acids is 1. The van der Waals surface area contributed by atoms with Crippen LogP contribution in [0.15, 0.2) is 36.5 Å². The van der Waals surface area contributed by atoms with Crippen LogP contribution in [0.1, 0.15) is 10.4 Å². The first-order valence-electron chi connectivity index (χ1n) is 5.05. The first kappa shape index (κ1) is 12.7. The summed E-state index contributed by atoms with van der Waals surface area (Å²) in [5.74, 6) is -0.0768. The van der Waals surface area contributed by atoms with Gasteiger partial charge in [0.25, 0.3) is 5.91 Å². The van der Waals surface area contributed by atoms with E-state index in [-0.39, 0.29) is 11.7 Å². The molecule has 0 saturated heterocycles. The summed E-state index contributed by atoms with van der Waals surface area (Å²) in [5, 5.41) is 3.38. The summed E-state index contributed by atoms with van der Waals surface area (Å²) in [6.45, 7) is 0. The number of benzene rings is 1. The van der Waals surface area contributed by atoms with Gasteiger partial charge in [-0.25, -0.2) is 4.98 Å². The smallest absolute Gasteiger partial charge is 0.255 e. The molecule has 1 aromatic carbocycles. The van der Waals surface area contributed by atoms with Gasteiger partial charge in [0.1, 0.15) is 5.82 Å². The maximum atomic E-state index is 12.0. The molecule has 2 rings (SSSR count). The van der Waals surface area contributed by atoms with Crippen molar-refractivity contribution in [2.75, 3.05) is 11.1 Å². The highest BCUT2D eigenvalue weighted by molar-refractivity contribution is 6.40. The Morgan fingerprint density at radius 3 is 2.50 bits per heavy atom. The summed E-state index contributed by atoms with van der Waals surface area (Å²) in [4.78, 5) is 15.8. The number of nitrogen functional groups attached to an aromatic ring is 1.